The Hall–Kier alpha value is -2.85. The van der Waals surface area contributed by atoms with Gasteiger partial charge < -0.3 is 10.4 Å². The Morgan fingerprint density at radius 2 is 1.55 bits per heavy atom. The lowest BCUT2D eigenvalue weighted by Gasteiger charge is -2.26. The molecule has 2 rings (SSSR count). The first-order chi connectivity index (χ1) is 17.5. The highest BCUT2D eigenvalue weighted by atomic mass is 35.5. The molecule has 212 valence electrons. The lowest BCUT2D eigenvalue weighted by Crippen LogP contribution is -2.47. The van der Waals surface area contributed by atoms with E-state index in [0.29, 0.717) is 22.9 Å². The number of ketones is 1. The first-order valence-corrected chi connectivity index (χ1v) is 13.5. The molecule has 1 atom stereocenters. The van der Waals surface area contributed by atoms with Crippen molar-refractivity contribution in [1.82, 2.24) is 5.32 Å². The summed E-state index contributed by atoms with van der Waals surface area (Å²) in [6, 6.07) is 11.2. The van der Waals surface area contributed by atoms with Crippen molar-refractivity contribution >= 4 is 23.3 Å². The highest BCUT2D eigenvalue weighted by Crippen LogP contribution is 2.25. The predicted molar refractivity (Wildman–Crippen MR) is 165 cm³/mol. The van der Waals surface area contributed by atoms with Gasteiger partial charge in [0.05, 0.1) is 6.04 Å². The molecular formula is C33H50ClNO3. The number of aryl methyl sites for hydroxylation is 1. The van der Waals surface area contributed by atoms with Gasteiger partial charge in [0.25, 0.3) is 0 Å². The number of hydrogen-bond acceptors (Lipinski definition) is 3. The van der Waals surface area contributed by atoms with Crippen LogP contribution in [0.25, 0.3) is 0 Å². The maximum Gasteiger partial charge on any atom is 0.246 e. The Morgan fingerprint density at radius 3 is 1.92 bits per heavy atom. The van der Waals surface area contributed by atoms with Crippen LogP contribution >= 0.6 is 11.6 Å². The third kappa shape index (κ3) is 14.2. The van der Waals surface area contributed by atoms with Crippen LogP contribution in [0, 0.1) is 19.3 Å². The minimum absolute atomic E-state index is 0.0278. The highest BCUT2D eigenvalue weighted by molar-refractivity contribution is 6.31. The van der Waals surface area contributed by atoms with Gasteiger partial charge in [0.2, 0.25) is 5.91 Å². The van der Waals surface area contributed by atoms with Crippen molar-refractivity contribution in [2.75, 3.05) is 0 Å². The number of carbonyl (C=O) groups is 2. The van der Waals surface area contributed by atoms with E-state index >= 15 is 0 Å². The fraction of sp³-hybridized carbons (Fsp3) is 0.455. The van der Waals surface area contributed by atoms with Gasteiger partial charge >= 0.3 is 0 Å². The van der Waals surface area contributed by atoms with Gasteiger partial charge in [0, 0.05) is 21.6 Å². The van der Waals surface area contributed by atoms with E-state index in [-0.39, 0.29) is 17.4 Å². The molecule has 0 fully saturated rings. The Bertz CT molecular complexity index is 1010. The van der Waals surface area contributed by atoms with Crippen molar-refractivity contribution in [3.8, 4) is 5.75 Å². The maximum absolute atomic E-state index is 12.7. The number of hydrogen-bond donors (Lipinski definition) is 2. The van der Waals surface area contributed by atoms with Crippen LogP contribution < -0.4 is 5.32 Å². The Balaban J connectivity index is 0. The summed E-state index contributed by atoms with van der Waals surface area (Å²) in [5, 5.41) is 12.6. The fourth-order valence-corrected chi connectivity index (χ4v) is 3.35. The van der Waals surface area contributed by atoms with Crippen LogP contribution in [0.2, 0.25) is 5.02 Å². The van der Waals surface area contributed by atoms with E-state index in [9.17, 15) is 14.7 Å². The molecule has 38 heavy (non-hydrogen) atoms. The Labute approximate surface area is 237 Å². The molecule has 2 aromatic carbocycles. The number of phenols is 1. The molecule has 2 N–H and O–H groups in total. The van der Waals surface area contributed by atoms with Crippen molar-refractivity contribution in [3.63, 3.8) is 0 Å². The summed E-state index contributed by atoms with van der Waals surface area (Å²) in [4.78, 5) is 24.6. The second kappa shape index (κ2) is 18.4. The molecule has 0 saturated heterocycles. The third-order valence-electron chi connectivity index (χ3n) is 5.30. The van der Waals surface area contributed by atoms with Crippen LogP contribution in [0.4, 0.5) is 0 Å². The van der Waals surface area contributed by atoms with Crippen molar-refractivity contribution in [3.05, 3.63) is 88.5 Å². The van der Waals surface area contributed by atoms with E-state index < -0.39 is 11.5 Å². The smallest absolute Gasteiger partial charge is 0.246 e. The molecule has 0 bridgehead atoms. The summed E-state index contributed by atoms with van der Waals surface area (Å²) in [5.41, 5.74) is 3.93. The number of carbonyl (C=O) groups excluding carboxylic acids is 2. The zero-order valence-electron chi connectivity index (χ0n) is 25.5. The number of aromatic hydroxyl groups is 1. The first kappa shape index (κ1) is 37.3. The normalized spacial score (nSPS) is 10.9. The van der Waals surface area contributed by atoms with Crippen LogP contribution in [0.1, 0.15) is 90.5 Å². The molecular weight excluding hydrogens is 494 g/mol. The molecule has 0 saturated carbocycles. The number of allylic oxidation sites excluding steroid dienone is 1. The number of nitrogens with one attached hydrogen (secondary N) is 1. The molecule has 5 heteroatoms. The first-order valence-electron chi connectivity index (χ1n) is 13.2. The van der Waals surface area contributed by atoms with Gasteiger partial charge in [-0.2, -0.15) is 0 Å². The van der Waals surface area contributed by atoms with E-state index in [0.717, 1.165) is 16.7 Å². The molecule has 0 aliphatic heterocycles. The second-order valence-electron chi connectivity index (χ2n) is 10.3. The molecule has 0 aromatic heterocycles. The summed E-state index contributed by atoms with van der Waals surface area (Å²) >= 11 is 5.76. The topological polar surface area (TPSA) is 66.4 Å². The van der Waals surface area contributed by atoms with Crippen LogP contribution in [0.3, 0.4) is 0 Å². The van der Waals surface area contributed by atoms with Crippen LogP contribution in [0.15, 0.2) is 61.2 Å². The Morgan fingerprint density at radius 1 is 1.08 bits per heavy atom. The summed E-state index contributed by atoms with van der Waals surface area (Å²) in [6.45, 7) is 28.1. The third-order valence-corrected chi connectivity index (χ3v) is 5.69. The quantitative estimate of drug-likeness (QED) is 0.282. The lowest BCUT2D eigenvalue weighted by molar-refractivity contribution is -0.131. The number of Topliss-reactive ketones (excluding diaryl/α,β-unsaturated/α-hetero) is 1. The van der Waals surface area contributed by atoms with E-state index in [1.165, 1.54) is 5.56 Å². The van der Waals surface area contributed by atoms with E-state index in [1.54, 1.807) is 26.0 Å². The molecule has 0 radical (unpaired) electrons. The number of phenolic OH excluding ortho intramolecular Hbond substituents is 1. The standard InChI is InChI=1S/C20H29NO2.C8H9ClO.C3H6.C2H6/c1-13(2)16-10-8-15(9-11-16)12-17(18(22)20(5,6)7)21-19(23)14(3)4;1-5-3-7(9)6(2)8(10)4-5;1-3-2;1-2/h8-11,13,17H,3,12H2,1-2,4-7H3,(H,21,23);3-4,10H,1-2H3;3H,1H2,2H3;1-2H3. The van der Waals surface area contributed by atoms with E-state index in [1.807, 2.05) is 66.7 Å². The van der Waals surface area contributed by atoms with Gasteiger partial charge in [-0.25, -0.2) is 0 Å². The van der Waals surface area contributed by atoms with Gasteiger partial charge in [-0.1, -0.05) is 97.0 Å². The van der Waals surface area contributed by atoms with E-state index in [2.05, 4.69) is 44.5 Å². The SMILES string of the molecule is C=C(C)C(=O)NC(Cc1ccc(C(C)C)cc1)C(=O)C(C)(C)C.C=CC.CC.Cc1cc(O)c(C)c(Cl)c1. The average Bonchev–Trinajstić information content (AvgIpc) is 2.83. The van der Waals surface area contributed by atoms with Crippen molar-refractivity contribution < 1.29 is 14.7 Å². The largest absolute Gasteiger partial charge is 0.508 e. The fourth-order valence-electron chi connectivity index (χ4n) is 3.08. The molecule has 0 aliphatic carbocycles. The number of amides is 1. The van der Waals surface area contributed by atoms with E-state index in [4.69, 9.17) is 11.6 Å². The van der Waals surface area contributed by atoms with Crippen molar-refractivity contribution in [1.29, 1.82) is 0 Å². The zero-order chi connectivity index (χ0) is 30.2. The maximum atomic E-state index is 12.7. The highest BCUT2D eigenvalue weighted by Gasteiger charge is 2.31. The average molecular weight is 544 g/mol. The number of benzene rings is 2. The molecule has 1 amide bonds. The van der Waals surface area contributed by atoms with Crippen LogP contribution in [-0.2, 0) is 16.0 Å². The summed E-state index contributed by atoms with van der Waals surface area (Å²) in [6.07, 6.45) is 2.24. The molecule has 0 spiro atoms. The number of halogens is 1. The molecule has 0 aliphatic rings. The van der Waals surface area contributed by atoms with Crippen molar-refractivity contribution in [2.24, 2.45) is 5.41 Å². The van der Waals surface area contributed by atoms with Gasteiger partial charge in [-0.05, 0) is 68.9 Å². The molecule has 2 aromatic rings. The van der Waals surface area contributed by atoms with Gasteiger partial charge in [0.15, 0.2) is 5.78 Å². The van der Waals surface area contributed by atoms with Gasteiger partial charge in [-0.3, -0.25) is 9.59 Å². The predicted octanol–water partition coefficient (Wildman–Crippen LogP) is 8.91. The molecule has 0 heterocycles. The lowest BCUT2D eigenvalue weighted by atomic mass is 9.84. The summed E-state index contributed by atoms with van der Waals surface area (Å²) in [5.74, 6) is 0.496. The van der Waals surface area contributed by atoms with Crippen molar-refractivity contribution in [2.45, 2.75) is 94.5 Å². The minimum atomic E-state index is -0.538. The van der Waals surface area contributed by atoms with Crippen LogP contribution in [0.5, 0.6) is 5.75 Å². The zero-order valence-corrected chi connectivity index (χ0v) is 26.2. The Kier molecular flexibility index (Phi) is 18.1. The second-order valence-corrected chi connectivity index (χ2v) is 10.7. The van der Waals surface area contributed by atoms with Gasteiger partial charge in [-0.15, -0.1) is 6.58 Å². The monoisotopic (exact) mass is 543 g/mol. The van der Waals surface area contributed by atoms with Crippen LogP contribution in [-0.4, -0.2) is 22.8 Å². The van der Waals surface area contributed by atoms with Gasteiger partial charge in [0.1, 0.15) is 5.75 Å². The minimum Gasteiger partial charge on any atom is -0.508 e. The summed E-state index contributed by atoms with van der Waals surface area (Å²) < 4.78 is 0. The molecule has 1 unspecified atom stereocenters. The number of rotatable bonds is 6. The molecule has 4 nitrogen and oxygen atoms in total. The summed E-state index contributed by atoms with van der Waals surface area (Å²) in [7, 11) is 0.